The maximum absolute atomic E-state index is 13.0. The number of ether oxygens (including phenoxy) is 2. The summed E-state index contributed by atoms with van der Waals surface area (Å²) in [5.41, 5.74) is -0.134. The number of hydrogen-bond donors (Lipinski definition) is 1. The number of alkyl halides is 4. The normalized spacial score (nSPS) is 11.5. The fraction of sp³-hybridized carbons (Fsp3) is 0.500. The summed E-state index contributed by atoms with van der Waals surface area (Å²) in [4.78, 5) is 13.4. The van der Waals surface area contributed by atoms with E-state index in [9.17, 15) is 22.4 Å². The zero-order chi connectivity index (χ0) is 17.6. The number of carbonyl (C=O) groups is 1. The average Bonchev–Trinajstić information content (AvgIpc) is 2.52. The first-order valence-electron chi connectivity index (χ1n) is 6.56. The van der Waals surface area contributed by atoms with Crippen LogP contribution in [-0.2, 0) is 0 Å². The third kappa shape index (κ3) is 4.98. The molecule has 1 rings (SSSR count). The van der Waals surface area contributed by atoms with Gasteiger partial charge in [-0.1, -0.05) is 0 Å². The van der Waals surface area contributed by atoms with E-state index >= 15 is 0 Å². The van der Waals surface area contributed by atoms with Gasteiger partial charge in [-0.15, -0.1) is 0 Å². The number of hydrogen-bond acceptors (Lipinski definition) is 4. The molecule has 0 aromatic heterocycles. The van der Waals surface area contributed by atoms with E-state index in [1.165, 1.54) is 32.4 Å². The molecule has 0 aliphatic heterocycles. The highest BCUT2D eigenvalue weighted by molar-refractivity contribution is 5.97. The lowest BCUT2D eigenvalue weighted by molar-refractivity contribution is -0.148. The van der Waals surface area contributed by atoms with Gasteiger partial charge >= 0.3 is 12.3 Å². The van der Waals surface area contributed by atoms with Gasteiger partial charge < -0.3 is 19.5 Å². The minimum atomic E-state index is -4.34. The smallest absolute Gasteiger partial charge is 0.340 e. The molecule has 0 heterocycles. The molecule has 0 fully saturated rings. The first-order valence-corrected chi connectivity index (χ1v) is 6.56. The van der Waals surface area contributed by atoms with Crippen molar-refractivity contribution in [3.05, 3.63) is 23.8 Å². The number of amides is 1. The number of aliphatic hydroxyl groups excluding tert-OH is 1. The van der Waals surface area contributed by atoms with Gasteiger partial charge in [-0.2, -0.15) is 8.78 Å². The molecule has 0 aliphatic carbocycles. The van der Waals surface area contributed by atoms with Crippen molar-refractivity contribution >= 4 is 5.91 Å². The molecule has 1 aromatic carbocycles. The molecule has 0 unspecified atom stereocenters. The Morgan fingerprint density at radius 2 is 2.04 bits per heavy atom. The van der Waals surface area contributed by atoms with E-state index in [1.807, 2.05) is 0 Å². The Balaban J connectivity index is 3.05. The first kappa shape index (κ1) is 19.0. The predicted octanol–water partition coefficient (Wildman–Crippen LogP) is 2.04. The van der Waals surface area contributed by atoms with Gasteiger partial charge in [-0.25, -0.2) is 8.78 Å². The number of benzene rings is 1. The molecule has 0 bridgehead atoms. The molecule has 5 nitrogen and oxygen atoms in total. The van der Waals surface area contributed by atoms with Crippen LogP contribution in [0.1, 0.15) is 10.4 Å². The van der Waals surface area contributed by atoms with Gasteiger partial charge in [0.05, 0.1) is 19.3 Å². The highest BCUT2D eigenvalue weighted by Crippen LogP contribution is 2.29. The Labute approximate surface area is 130 Å². The van der Waals surface area contributed by atoms with Crippen LogP contribution in [0.2, 0.25) is 0 Å². The zero-order valence-electron chi connectivity index (χ0n) is 12.6. The fourth-order valence-electron chi connectivity index (χ4n) is 1.62. The Bertz CT molecular complexity index is 540. The van der Waals surface area contributed by atoms with E-state index in [4.69, 9.17) is 14.6 Å². The van der Waals surface area contributed by atoms with Crippen molar-refractivity contribution in [3.63, 3.8) is 0 Å². The van der Waals surface area contributed by atoms with Gasteiger partial charge in [0.2, 0.25) is 0 Å². The molecule has 0 saturated heterocycles. The van der Waals surface area contributed by atoms with E-state index in [0.29, 0.717) is 0 Å². The van der Waals surface area contributed by atoms with Crippen LogP contribution in [0, 0.1) is 0 Å². The molecule has 130 valence electrons. The molecule has 0 saturated carbocycles. The molecular weight excluding hydrogens is 322 g/mol. The molecule has 1 N–H and O–H groups in total. The van der Waals surface area contributed by atoms with Crippen molar-refractivity contribution < 1.29 is 36.9 Å². The Morgan fingerprint density at radius 1 is 1.39 bits per heavy atom. The van der Waals surface area contributed by atoms with Crippen LogP contribution in [0.3, 0.4) is 0 Å². The third-order valence-electron chi connectivity index (χ3n) is 2.94. The molecule has 1 aromatic rings. The SMILES string of the molecule is COc1ccc(OCC(F)(F)C(F)F)c(C(=O)N(C)CCO)c1. The van der Waals surface area contributed by atoms with Crippen molar-refractivity contribution in [2.45, 2.75) is 12.3 Å². The summed E-state index contributed by atoms with van der Waals surface area (Å²) < 4.78 is 59.9. The van der Waals surface area contributed by atoms with Crippen LogP contribution in [0.4, 0.5) is 17.6 Å². The standard InChI is InChI=1S/C14H17F4NO4/c1-19(5-6-20)12(21)10-7-9(22-2)3-4-11(10)23-8-14(17,18)13(15)16/h3-4,7,13,20H,5-6,8H2,1-2H3. The number of rotatable bonds is 8. The van der Waals surface area contributed by atoms with Gasteiger partial charge in [-0.3, -0.25) is 4.79 Å². The van der Waals surface area contributed by atoms with Crippen LogP contribution in [0.15, 0.2) is 18.2 Å². The van der Waals surface area contributed by atoms with Crippen LogP contribution in [0.25, 0.3) is 0 Å². The van der Waals surface area contributed by atoms with Crippen LogP contribution < -0.4 is 9.47 Å². The summed E-state index contributed by atoms with van der Waals surface area (Å²) in [6, 6.07) is 3.77. The summed E-state index contributed by atoms with van der Waals surface area (Å²) in [6.07, 6.45) is -3.88. The van der Waals surface area contributed by atoms with E-state index in [1.54, 1.807) is 0 Å². The van der Waals surface area contributed by atoms with Gasteiger partial charge in [0.15, 0.2) is 6.61 Å². The summed E-state index contributed by atoms with van der Waals surface area (Å²) in [6.45, 7) is -1.87. The number of likely N-dealkylation sites (N-methyl/N-ethyl adjacent to an activating group) is 1. The lowest BCUT2D eigenvalue weighted by Gasteiger charge is -2.20. The van der Waals surface area contributed by atoms with Crippen LogP contribution in [-0.4, -0.2) is 62.2 Å². The number of methoxy groups -OCH3 is 1. The highest BCUT2D eigenvalue weighted by atomic mass is 19.3. The Kier molecular flexibility index (Phi) is 6.62. The summed E-state index contributed by atoms with van der Waals surface area (Å²) >= 11 is 0. The second-order valence-electron chi connectivity index (χ2n) is 4.66. The number of halogens is 4. The average molecular weight is 339 g/mol. The zero-order valence-corrected chi connectivity index (χ0v) is 12.6. The second kappa shape index (κ2) is 8.00. The molecule has 0 aliphatic rings. The van der Waals surface area contributed by atoms with Gasteiger partial charge in [0.1, 0.15) is 11.5 Å². The molecule has 9 heteroatoms. The molecular formula is C14H17F4NO4. The molecule has 0 spiro atoms. The summed E-state index contributed by atoms with van der Waals surface area (Å²) in [5, 5.41) is 8.84. The molecule has 1 amide bonds. The Morgan fingerprint density at radius 3 is 2.57 bits per heavy atom. The van der Waals surface area contributed by atoms with Gasteiger partial charge in [-0.05, 0) is 18.2 Å². The largest absolute Gasteiger partial charge is 0.497 e. The van der Waals surface area contributed by atoms with Crippen molar-refractivity contribution in [1.29, 1.82) is 0 Å². The predicted molar refractivity (Wildman–Crippen MR) is 73.5 cm³/mol. The fourth-order valence-corrected chi connectivity index (χ4v) is 1.62. The topological polar surface area (TPSA) is 59.0 Å². The minimum absolute atomic E-state index is 0.00266. The molecule has 0 radical (unpaired) electrons. The lowest BCUT2D eigenvalue weighted by atomic mass is 10.1. The second-order valence-corrected chi connectivity index (χ2v) is 4.66. The van der Waals surface area contributed by atoms with E-state index in [-0.39, 0.29) is 30.2 Å². The number of aliphatic hydroxyl groups is 1. The van der Waals surface area contributed by atoms with E-state index in [2.05, 4.69) is 0 Å². The maximum atomic E-state index is 13.0. The number of nitrogens with zero attached hydrogens (tertiary/aromatic N) is 1. The third-order valence-corrected chi connectivity index (χ3v) is 2.94. The summed E-state index contributed by atoms with van der Waals surface area (Å²) in [7, 11) is 2.72. The highest BCUT2D eigenvalue weighted by Gasteiger charge is 2.42. The quantitative estimate of drug-likeness (QED) is 0.737. The van der Waals surface area contributed by atoms with Crippen molar-refractivity contribution in [3.8, 4) is 11.5 Å². The molecule has 0 atom stereocenters. The Hall–Kier alpha value is -2.03. The van der Waals surface area contributed by atoms with Crippen LogP contribution in [0.5, 0.6) is 11.5 Å². The lowest BCUT2D eigenvalue weighted by Crippen LogP contribution is -2.34. The summed E-state index contributed by atoms with van der Waals surface area (Å²) in [5.74, 6) is -4.98. The molecule has 23 heavy (non-hydrogen) atoms. The monoisotopic (exact) mass is 339 g/mol. The van der Waals surface area contributed by atoms with E-state index in [0.717, 1.165) is 4.90 Å². The van der Waals surface area contributed by atoms with E-state index < -0.39 is 24.9 Å². The van der Waals surface area contributed by atoms with Crippen molar-refractivity contribution in [2.24, 2.45) is 0 Å². The van der Waals surface area contributed by atoms with Gasteiger partial charge in [0, 0.05) is 13.6 Å². The van der Waals surface area contributed by atoms with Crippen molar-refractivity contribution in [2.75, 3.05) is 33.9 Å². The number of carbonyl (C=O) groups excluding carboxylic acids is 1. The maximum Gasteiger partial charge on any atom is 0.340 e. The van der Waals surface area contributed by atoms with Crippen LogP contribution >= 0.6 is 0 Å². The first-order chi connectivity index (χ1) is 10.7. The van der Waals surface area contributed by atoms with Gasteiger partial charge in [0.25, 0.3) is 5.91 Å². The minimum Gasteiger partial charge on any atom is -0.497 e. The van der Waals surface area contributed by atoms with Crippen molar-refractivity contribution in [1.82, 2.24) is 4.90 Å².